The number of nitrogens with one attached hydrogen (secondary N) is 1. The molecule has 5 rings (SSSR count). The Bertz CT molecular complexity index is 929. The monoisotopic (exact) mass is 349 g/mol. The highest BCUT2D eigenvalue weighted by Crippen LogP contribution is 2.31. The van der Waals surface area contributed by atoms with Crippen molar-refractivity contribution in [3.8, 4) is 5.75 Å². The Labute approximate surface area is 152 Å². The maximum Gasteiger partial charge on any atom is 0.130 e. The number of anilines is 1. The van der Waals surface area contributed by atoms with Gasteiger partial charge in [0.15, 0.2) is 0 Å². The van der Waals surface area contributed by atoms with Gasteiger partial charge in [-0.15, -0.1) is 0 Å². The van der Waals surface area contributed by atoms with Gasteiger partial charge in [0, 0.05) is 44.7 Å². The normalized spacial score (nSPS) is 18.7. The molecule has 6 nitrogen and oxygen atoms in total. The number of rotatable bonds is 3. The molecule has 0 aliphatic carbocycles. The van der Waals surface area contributed by atoms with Crippen LogP contribution in [0.15, 0.2) is 36.8 Å². The maximum absolute atomic E-state index is 5.74. The van der Waals surface area contributed by atoms with E-state index in [1.165, 1.54) is 11.1 Å². The summed E-state index contributed by atoms with van der Waals surface area (Å²) in [5, 5.41) is 0. The van der Waals surface area contributed by atoms with Gasteiger partial charge in [-0.3, -0.25) is 4.90 Å². The van der Waals surface area contributed by atoms with Gasteiger partial charge in [0.05, 0.1) is 30.2 Å². The number of ether oxygens (including phenoxy) is 1. The molecule has 0 amide bonds. The number of H-pyrrole nitrogens is 1. The van der Waals surface area contributed by atoms with E-state index in [9.17, 15) is 0 Å². The third-order valence-electron chi connectivity index (χ3n) is 5.68. The van der Waals surface area contributed by atoms with Crippen LogP contribution in [0.2, 0.25) is 0 Å². The molecule has 1 N–H and O–H groups in total. The highest BCUT2D eigenvalue weighted by molar-refractivity contribution is 5.76. The minimum atomic E-state index is 0.397. The predicted octanol–water partition coefficient (Wildman–Crippen LogP) is 2.78. The molecule has 1 aromatic carbocycles. The average molecular weight is 349 g/mol. The Hall–Kier alpha value is -2.60. The van der Waals surface area contributed by atoms with Gasteiger partial charge in [-0.2, -0.15) is 0 Å². The van der Waals surface area contributed by atoms with E-state index in [0.29, 0.717) is 6.04 Å². The summed E-state index contributed by atoms with van der Waals surface area (Å²) in [6.07, 6.45) is 4.63. The molecule has 0 unspecified atom stereocenters. The second-order valence-electron chi connectivity index (χ2n) is 7.13. The fourth-order valence-electron chi connectivity index (χ4n) is 3.99. The van der Waals surface area contributed by atoms with Crippen molar-refractivity contribution in [2.24, 2.45) is 0 Å². The first kappa shape index (κ1) is 15.6. The summed E-state index contributed by atoms with van der Waals surface area (Å²) < 4.78 is 5.74. The summed E-state index contributed by atoms with van der Waals surface area (Å²) in [5.74, 6) is 2.09. The van der Waals surface area contributed by atoms with Gasteiger partial charge in [-0.25, -0.2) is 9.97 Å². The number of hydrogen-bond donors (Lipinski definition) is 1. The van der Waals surface area contributed by atoms with Crippen LogP contribution >= 0.6 is 0 Å². The molecule has 134 valence electrons. The molecule has 26 heavy (non-hydrogen) atoms. The van der Waals surface area contributed by atoms with Crippen molar-refractivity contribution in [2.75, 3.05) is 37.7 Å². The number of aromatic amines is 1. The van der Waals surface area contributed by atoms with Crippen LogP contribution < -0.4 is 9.64 Å². The molecule has 1 fully saturated rings. The maximum atomic E-state index is 5.74. The van der Waals surface area contributed by atoms with Gasteiger partial charge in [0.1, 0.15) is 11.6 Å². The van der Waals surface area contributed by atoms with Gasteiger partial charge in [-0.1, -0.05) is 12.1 Å². The minimum Gasteiger partial charge on any atom is -0.493 e. The Balaban J connectivity index is 1.27. The van der Waals surface area contributed by atoms with Crippen molar-refractivity contribution in [3.63, 3.8) is 0 Å². The number of hydrogen-bond acceptors (Lipinski definition) is 5. The van der Waals surface area contributed by atoms with Gasteiger partial charge in [0.25, 0.3) is 0 Å². The van der Waals surface area contributed by atoms with E-state index in [4.69, 9.17) is 4.74 Å². The second-order valence-corrected chi connectivity index (χ2v) is 7.13. The third-order valence-corrected chi connectivity index (χ3v) is 5.68. The summed E-state index contributed by atoms with van der Waals surface area (Å²) in [5.41, 5.74) is 4.64. The number of pyridine rings is 1. The lowest BCUT2D eigenvalue weighted by Crippen LogP contribution is -2.47. The standard InChI is InChI=1S/C20H23N5O/c1-14(16-3-2-15-4-9-26-19(15)10-16)24-5-7-25(8-6-24)20-11-17-18(12-21-20)23-13-22-17/h2-3,10-14H,4-9H2,1H3,(H,22,23)/t14-/m0/s1. The summed E-state index contributed by atoms with van der Waals surface area (Å²) in [7, 11) is 0. The Morgan fingerprint density at radius 2 is 2.00 bits per heavy atom. The number of nitrogens with zero attached hydrogens (tertiary/aromatic N) is 4. The predicted molar refractivity (Wildman–Crippen MR) is 102 cm³/mol. The molecule has 0 bridgehead atoms. The van der Waals surface area contributed by atoms with Gasteiger partial charge in [-0.05, 0) is 24.1 Å². The molecule has 0 saturated carbocycles. The Kier molecular flexibility index (Phi) is 3.78. The quantitative estimate of drug-likeness (QED) is 0.788. The molecule has 2 aromatic heterocycles. The fourth-order valence-corrected chi connectivity index (χ4v) is 3.99. The average Bonchev–Trinajstić information content (AvgIpc) is 3.35. The van der Waals surface area contributed by atoms with Crippen LogP contribution in [0.25, 0.3) is 11.0 Å². The molecule has 4 heterocycles. The first-order valence-corrected chi connectivity index (χ1v) is 9.32. The van der Waals surface area contributed by atoms with Crippen LogP contribution in [-0.4, -0.2) is 52.6 Å². The van der Waals surface area contributed by atoms with Crippen molar-refractivity contribution in [1.29, 1.82) is 0 Å². The zero-order chi connectivity index (χ0) is 17.5. The van der Waals surface area contributed by atoms with Crippen molar-refractivity contribution in [3.05, 3.63) is 47.9 Å². The largest absolute Gasteiger partial charge is 0.493 e. The molecule has 0 radical (unpaired) electrons. The molecule has 2 aliphatic heterocycles. The molecular weight excluding hydrogens is 326 g/mol. The lowest BCUT2D eigenvalue weighted by Gasteiger charge is -2.38. The first-order valence-electron chi connectivity index (χ1n) is 9.32. The number of piperazine rings is 1. The van der Waals surface area contributed by atoms with Crippen LogP contribution in [0.1, 0.15) is 24.1 Å². The summed E-state index contributed by atoms with van der Waals surface area (Å²) in [6.45, 7) is 7.13. The SMILES string of the molecule is C[C@@H](c1ccc2c(c1)OCC2)N1CCN(c2cc3nc[nH]c3cn2)CC1. The third kappa shape index (κ3) is 2.70. The molecule has 1 saturated heterocycles. The molecular formula is C20H23N5O. The molecule has 1 atom stereocenters. The van der Waals surface area contributed by atoms with E-state index in [2.05, 4.69) is 55.9 Å². The van der Waals surface area contributed by atoms with E-state index >= 15 is 0 Å². The van der Waals surface area contributed by atoms with Crippen molar-refractivity contribution >= 4 is 16.9 Å². The molecule has 0 spiro atoms. The van der Waals surface area contributed by atoms with Crippen LogP contribution in [0.3, 0.4) is 0 Å². The van der Waals surface area contributed by atoms with Crippen LogP contribution in [0.5, 0.6) is 5.75 Å². The molecule has 3 aromatic rings. The lowest BCUT2D eigenvalue weighted by molar-refractivity contribution is 0.198. The smallest absolute Gasteiger partial charge is 0.130 e. The van der Waals surface area contributed by atoms with E-state index in [0.717, 1.165) is 61.8 Å². The van der Waals surface area contributed by atoms with E-state index < -0.39 is 0 Å². The minimum absolute atomic E-state index is 0.397. The number of fused-ring (bicyclic) bond motifs is 2. The summed E-state index contributed by atoms with van der Waals surface area (Å²) in [6, 6.07) is 9.19. The van der Waals surface area contributed by atoms with Gasteiger partial charge < -0.3 is 14.6 Å². The van der Waals surface area contributed by atoms with Crippen molar-refractivity contribution < 1.29 is 4.74 Å². The topological polar surface area (TPSA) is 57.3 Å². The molecule has 2 aliphatic rings. The van der Waals surface area contributed by atoms with Crippen LogP contribution in [0.4, 0.5) is 5.82 Å². The number of imidazole rings is 1. The molecule has 6 heteroatoms. The fraction of sp³-hybridized carbons (Fsp3) is 0.400. The highest BCUT2D eigenvalue weighted by atomic mass is 16.5. The summed E-state index contributed by atoms with van der Waals surface area (Å²) >= 11 is 0. The van der Waals surface area contributed by atoms with Crippen molar-refractivity contribution in [2.45, 2.75) is 19.4 Å². The van der Waals surface area contributed by atoms with E-state index in [-0.39, 0.29) is 0 Å². The lowest BCUT2D eigenvalue weighted by atomic mass is 10.0. The number of benzene rings is 1. The van der Waals surface area contributed by atoms with Gasteiger partial charge >= 0.3 is 0 Å². The van der Waals surface area contributed by atoms with Gasteiger partial charge in [0.2, 0.25) is 0 Å². The van der Waals surface area contributed by atoms with Crippen LogP contribution in [-0.2, 0) is 6.42 Å². The zero-order valence-electron chi connectivity index (χ0n) is 15.0. The first-order chi connectivity index (χ1) is 12.8. The van der Waals surface area contributed by atoms with Crippen LogP contribution in [0, 0.1) is 0 Å². The zero-order valence-corrected chi connectivity index (χ0v) is 15.0. The van der Waals surface area contributed by atoms with E-state index in [1.54, 1.807) is 6.33 Å². The number of aromatic nitrogens is 3. The van der Waals surface area contributed by atoms with Crippen molar-refractivity contribution in [1.82, 2.24) is 19.9 Å². The Morgan fingerprint density at radius 3 is 2.88 bits per heavy atom. The summed E-state index contributed by atoms with van der Waals surface area (Å²) in [4.78, 5) is 16.9. The Morgan fingerprint density at radius 1 is 1.12 bits per heavy atom. The second kappa shape index (κ2) is 6.29. The highest BCUT2D eigenvalue weighted by Gasteiger charge is 2.24. The van der Waals surface area contributed by atoms with E-state index in [1.807, 2.05) is 6.20 Å².